The second-order valence-corrected chi connectivity index (χ2v) is 8.21. The molecule has 0 spiro atoms. The summed E-state index contributed by atoms with van der Waals surface area (Å²) in [7, 11) is 0. The summed E-state index contributed by atoms with van der Waals surface area (Å²) in [5, 5.41) is 12.6. The number of hydrogen-bond donors (Lipinski definition) is 2. The summed E-state index contributed by atoms with van der Waals surface area (Å²) in [5.74, 6) is -1.18. The first kappa shape index (κ1) is 27.0. The van der Waals surface area contributed by atoms with Crippen molar-refractivity contribution in [1.29, 1.82) is 0 Å². The number of carbonyl (C=O) groups is 2. The van der Waals surface area contributed by atoms with Gasteiger partial charge in [-0.3, -0.25) is 0 Å². The van der Waals surface area contributed by atoms with Gasteiger partial charge in [0, 0.05) is 11.1 Å². The molecule has 3 N–H and O–H groups in total. The van der Waals surface area contributed by atoms with E-state index >= 15 is 0 Å². The molecule has 1 aliphatic carbocycles. The minimum Gasteiger partial charge on any atom is -0.459 e. The third-order valence-electron chi connectivity index (χ3n) is 5.18. The molecule has 0 aliphatic heterocycles. The van der Waals surface area contributed by atoms with Crippen molar-refractivity contribution in [3.8, 4) is 0 Å². The third kappa shape index (κ3) is 8.59. The average molecular weight is 469 g/mol. The third-order valence-corrected chi connectivity index (χ3v) is 5.18. The Morgan fingerprint density at radius 2 is 1.91 bits per heavy atom. The molecule has 1 aromatic carbocycles. The van der Waals surface area contributed by atoms with Crippen LogP contribution in [0.15, 0.2) is 85.0 Å². The lowest BCUT2D eigenvalue weighted by Gasteiger charge is -2.20. The number of carbonyl (C=O) groups excluding carboxylic acids is 2. The number of rotatable bonds is 13. The van der Waals surface area contributed by atoms with Crippen molar-refractivity contribution in [3.05, 3.63) is 96.2 Å². The molecular weight excluding hydrogens is 434 g/mol. The standard InChI is InChI=1S/C27H33NO6/c1-5-21-9-8-13-27(4,14-12-21)19-28-15-16-32-25(30)22-10-6-7-11-23(22)26(31)34-18-17-33-24(29)20(2)3/h5-14,25,28,30H,1-2,15-19H2,3-4H3/p+1/t25?,27-/m0/s1. The van der Waals surface area contributed by atoms with Crippen LogP contribution in [0.3, 0.4) is 0 Å². The number of benzene rings is 1. The number of hydrogen-bond acceptors (Lipinski definition) is 6. The van der Waals surface area contributed by atoms with Crippen LogP contribution in [0.25, 0.3) is 0 Å². The Kier molecular flexibility index (Phi) is 10.7. The molecule has 0 heterocycles. The van der Waals surface area contributed by atoms with Crippen LogP contribution < -0.4 is 5.32 Å². The lowest BCUT2D eigenvalue weighted by atomic mass is 9.90. The van der Waals surface area contributed by atoms with Gasteiger partial charge >= 0.3 is 11.9 Å². The van der Waals surface area contributed by atoms with E-state index in [0.717, 1.165) is 12.1 Å². The summed E-state index contributed by atoms with van der Waals surface area (Å²) < 4.78 is 15.6. The van der Waals surface area contributed by atoms with Crippen molar-refractivity contribution < 1.29 is 34.2 Å². The van der Waals surface area contributed by atoms with E-state index in [9.17, 15) is 14.7 Å². The topological polar surface area (TPSA) is 98.7 Å². The normalized spacial score (nSPS) is 17.9. The molecule has 0 aromatic heterocycles. The Hall–Kier alpha value is -3.26. The highest BCUT2D eigenvalue weighted by Crippen LogP contribution is 2.22. The van der Waals surface area contributed by atoms with Crippen LogP contribution in [-0.2, 0) is 19.0 Å². The first-order valence-corrected chi connectivity index (χ1v) is 11.2. The summed E-state index contributed by atoms with van der Waals surface area (Å²) in [6.07, 6.45) is 11.0. The van der Waals surface area contributed by atoms with Gasteiger partial charge in [-0.05, 0) is 25.5 Å². The highest BCUT2D eigenvalue weighted by atomic mass is 16.6. The minimum atomic E-state index is -1.27. The molecule has 0 radical (unpaired) electrons. The fraction of sp³-hybridized carbons (Fsp3) is 0.333. The fourth-order valence-electron chi connectivity index (χ4n) is 3.18. The number of allylic oxidation sites excluding steroid dienone is 5. The zero-order valence-corrected chi connectivity index (χ0v) is 19.9. The number of quaternary nitrogens is 1. The van der Waals surface area contributed by atoms with Crippen LogP contribution in [0.4, 0.5) is 0 Å². The average Bonchev–Trinajstić information content (AvgIpc) is 3.02. The van der Waals surface area contributed by atoms with Crippen molar-refractivity contribution in [2.75, 3.05) is 32.9 Å². The number of aliphatic hydroxyl groups excluding tert-OH is 1. The van der Waals surface area contributed by atoms with E-state index in [1.54, 1.807) is 24.3 Å². The lowest BCUT2D eigenvalue weighted by molar-refractivity contribution is -0.664. The molecule has 0 amide bonds. The van der Waals surface area contributed by atoms with Crippen molar-refractivity contribution in [1.82, 2.24) is 0 Å². The smallest absolute Gasteiger partial charge is 0.338 e. The molecule has 1 aliphatic rings. The second kappa shape index (κ2) is 13.4. The van der Waals surface area contributed by atoms with Crippen molar-refractivity contribution in [2.45, 2.75) is 20.1 Å². The summed E-state index contributed by atoms with van der Waals surface area (Å²) >= 11 is 0. The molecule has 2 rings (SSSR count). The summed E-state index contributed by atoms with van der Waals surface area (Å²) in [4.78, 5) is 23.8. The molecule has 34 heavy (non-hydrogen) atoms. The Morgan fingerprint density at radius 3 is 2.65 bits per heavy atom. The second-order valence-electron chi connectivity index (χ2n) is 8.21. The number of ether oxygens (including phenoxy) is 3. The number of esters is 2. The van der Waals surface area contributed by atoms with E-state index in [1.165, 1.54) is 6.92 Å². The maximum Gasteiger partial charge on any atom is 0.338 e. The van der Waals surface area contributed by atoms with Crippen LogP contribution in [0.1, 0.15) is 36.1 Å². The molecule has 0 fully saturated rings. The number of aliphatic hydroxyl groups is 1. The largest absolute Gasteiger partial charge is 0.459 e. The molecule has 182 valence electrons. The van der Waals surface area contributed by atoms with Gasteiger partial charge < -0.3 is 24.6 Å². The van der Waals surface area contributed by atoms with Crippen molar-refractivity contribution in [2.24, 2.45) is 5.41 Å². The predicted molar refractivity (Wildman–Crippen MR) is 130 cm³/mol. The summed E-state index contributed by atoms with van der Waals surface area (Å²) in [6, 6.07) is 6.53. The molecule has 1 aromatic rings. The molecule has 0 bridgehead atoms. The van der Waals surface area contributed by atoms with Gasteiger partial charge in [-0.15, -0.1) is 0 Å². The van der Waals surface area contributed by atoms with Gasteiger partial charge in [-0.25, -0.2) is 9.59 Å². The molecule has 7 nitrogen and oxygen atoms in total. The minimum absolute atomic E-state index is 0.0806. The number of nitrogens with two attached hydrogens (primary N) is 1. The predicted octanol–water partition coefficient (Wildman–Crippen LogP) is 2.78. The van der Waals surface area contributed by atoms with Gasteiger partial charge in [0.1, 0.15) is 13.2 Å². The van der Waals surface area contributed by atoms with Gasteiger partial charge in [-0.2, -0.15) is 0 Å². The Balaban J connectivity index is 1.79. The van der Waals surface area contributed by atoms with E-state index in [0.29, 0.717) is 18.7 Å². The van der Waals surface area contributed by atoms with E-state index in [-0.39, 0.29) is 29.8 Å². The Labute approximate surface area is 201 Å². The maximum atomic E-state index is 12.4. The quantitative estimate of drug-likeness (QED) is 0.200. The van der Waals surface area contributed by atoms with Crippen LogP contribution >= 0.6 is 0 Å². The van der Waals surface area contributed by atoms with Crippen molar-refractivity contribution in [3.63, 3.8) is 0 Å². The molecule has 0 saturated heterocycles. The monoisotopic (exact) mass is 468 g/mol. The molecular formula is C27H34NO6+. The first-order chi connectivity index (χ1) is 16.3. The van der Waals surface area contributed by atoms with Gasteiger partial charge in [-0.1, -0.05) is 67.8 Å². The molecule has 0 saturated carbocycles. The highest BCUT2D eigenvalue weighted by Gasteiger charge is 2.21. The van der Waals surface area contributed by atoms with Gasteiger partial charge in [0.15, 0.2) is 6.29 Å². The van der Waals surface area contributed by atoms with E-state index in [4.69, 9.17) is 14.2 Å². The lowest BCUT2D eigenvalue weighted by Crippen LogP contribution is -2.87. The first-order valence-electron chi connectivity index (χ1n) is 11.2. The summed E-state index contributed by atoms with van der Waals surface area (Å²) in [6.45, 7) is 12.5. The van der Waals surface area contributed by atoms with Gasteiger partial charge in [0.2, 0.25) is 0 Å². The van der Waals surface area contributed by atoms with Crippen LogP contribution in [0.2, 0.25) is 0 Å². The van der Waals surface area contributed by atoms with Gasteiger partial charge in [0.05, 0.1) is 30.7 Å². The van der Waals surface area contributed by atoms with E-state index < -0.39 is 18.2 Å². The SMILES string of the molecule is C=CC1=CC=C[C@](C)(C[NH2+]CCOC(O)c2ccccc2C(=O)OCCOC(=O)C(=C)C)C=C1. The van der Waals surface area contributed by atoms with Crippen LogP contribution in [0.5, 0.6) is 0 Å². The highest BCUT2D eigenvalue weighted by molar-refractivity contribution is 5.91. The molecule has 2 atom stereocenters. The van der Waals surface area contributed by atoms with Gasteiger partial charge in [0.25, 0.3) is 0 Å². The summed E-state index contributed by atoms with van der Waals surface area (Å²) in [5.41, 5.74) is 1.74. The van der Waals surface area contributed by atoms with Crippen molar-refractivity contribution >= 4 is 11.9 Å². The Morgan fingerprint density at radius 1 is 1.18 bits per heavy atom. The fourth-order valence-corrected chi connectivity index (χ4v) is 3.18. The van der Waals surface area contributed by atoms with Crippen LogP contribution in [-0.4, -0.2) is 50.0 Å². The van der Waals surface area contributed by atoms with E-state index in [2.05, 4.69) is 43.6 Å². The maximum absolute atomic E-state index is 12.4. The zero-order chi connectivity index (χ0) is 25.0. The molecule has 1 unspecified atom stereocenters. The van der Waals surface area contributed by atoms with E-state index in [1.807, 2.05) is 18.2 Å². The molecule has 7 heteroatoms. The zero-order valence-electron chi connectivity index (χ0n) is 19.9. The Bertz CT molecular complexity index is 977. The van der Waals surface area contributed by atoms with Crippen LogP contribution in [0, 0.1) is 5.41 Å².